The molecule has 3 rings (SSSR count). The lowest BCUT2D eigenvalue weighted by Gasteiger charge is -2.26. The van der Waals surface area contributed by atoms with Gasteiger partial charge in [-0.1, -0.05) is 12.1 Å². The summed E-state index contributed by atoms with van der Waals surface area (Å²) in [4.78, 5) is 15.3. The second-order valence-corrected chi connectivity index (χ2v) is 7.36. The zero-order chi connectivity index (χ0) is 19.1. The van der Waals surface area contributed by atoms with E-state index < -0.39 is 0 Å². The van der Waals surface area contributed by atoms with Crippen molar-refractivity contribution in [3.05, 3.63) is 46.2 Å². The summed E-state index contributed by atoms with van der Waals surface area (Å²) < 4.78 is 16.4. The predicted octanol–water partition coefficient (Wildman–Crippen LogP) is 2.85. The molecule has 2 aromatic rings. The van der Waals surface area contributed by atoms with Crippen LogP contribution in [0.15, 0.2) is 35.7 Å². The van der Waals surface area contributed by atoms with Crippen molar-refractivity contribution in [2.75, 3.05) is 40.0 Å². The summed E-state index contributed by atoms with van der Waals surface area (Å²) in [5.41, 5.74) is 1.10. The number of hydrogen-bond donors (Lipinski definition) is 1. The van der Waals surface area contributed by atoms with Crippen LogP contribution in [-0.4, -0.2) is 50.8 Å². The molecule has 7 heteroatoms. The van der Waals surface area contributed by atoms with Crippen LogP contribution in [0.3, 0.4) is 0 Å². The molecule has 1 atom stereocenters. The van der Waals surface area contributed by atoms with E-state index in [4.69, 9.17) is 14.2 Å². The molecule has 0 saturated carbocycles. The standard InChI is InChI=1S/C20H26N2O4S/c1-15(19-4-3-11-27-19)21-13-16-5-6-17(18(12-16)24-2)26-14-20(23)22-7-9-25-10-8-22/h3-6,11-12,15,21H,7-10,13-14H2,1-2H3. The largest absolute Gasteiger partial charge is 0.493 e. The third-order valence-corrected chi connectivity index (χ3v) is 5.58. The molecule has 1 amide bonds. The summed E-state index contributed by atoms with van der Waals surface area (Å²) in [6.45, 7) is 5.28. The van der Waals surface area contributed by atoms with Crippen LogP contribution < -0.4 is 14.8 Å². The Hall–Kier alpha value is -2.09. The Balaban J connectivity index is 1.54. The van der Waals surface area contributed by atoms with Crippen molar-refractivity contribution in [2.45, 2.75) is 19.5 Å². The molecular formula is C20H26N2O4S. The van der Waals surface area contributed by atoms with Gasteiger partial charge >= 0.3 is 0 Å². The molecule has 0 bridgehead atoms. The van der Waals surface area contributed by atoms with E-state index >= 15 is 0 Å². The summed E-state index contributed by atoms with van der Waals surface area (Å²) in [5.74, 6) is 1.18. The van der Waals surface area contributed by atoms with E-state index in [2.05, 4.69) is 29.8 Å². The zero-order valence-electron chi connectivity index (χ0n) is 15.8. The van der Waals surface area contributed by atoms with Crippen LogP contribution in [0.5, 0.6) is 11.5 Å². The third-order valence-electron chi connectivity index (χ3n) is 4.53. The van der Waals surface area contributed by atoms with Gasteiger partial charge in [0.1, 0.15) is 0 Å². The predicted molar refractivity (Wildman–Crippen MR) is 105 cm³/mol. The van der Waals surface area contributed by atoms with Gasteiger partial charge in [0.15, 0.2) is 18.1 Å². The Bertz CT molecular complexity index is 730. The van der Waals surface area contributed by atoms with Gasteiger partial charge in [-0.3, -0.25) is 4.79 Å². The van der Waals surface area contributed by atoms with Gasteiger partial charge in [0, 0.05) is 30.6 Å². The first-order valence-corrected chi connectivity index (χ1v) is 9.97. The number of nitrogens with zero attached hydrogens (tertiary/aromatic N) is 1. The lowest BCUT2D eigenvalue weighted by atomic mass is 10.2. The average molecular weight is 391 g/mol. The number of methoxy groups -OCH3 is 1. The van der Waals surface area contributed by atoms with Gasteiger partial charge in [0.05, 0.1) is 20.3 Å². The van der Waals surface area contributed by atoms with Crippen molar-refractivity contribution >= 4 is 17.2 Å². The molecule has 146 valence electrons. The Morgan fingerprint density at radius 2 is 2.11 bits per heavy atom. The lowest BCUT2D eigenvalue weighted by molar-refractivity contribution is -0.137. The number of ether oxygens (including phenoxy) is 3. The van der Waals surface area contributed by atoms with E-state index in [1.807, 2.05) is 18.2 Å². The fourth-order valence-corrected chi connectivity index (χ4v) is 3.65. The van der Waals surface area contributed by atoms with Crippen molar-refractivity contribution in [3.63, 3.8) is 0 Å². The normalized spacial score (nSPS) is 15.4. The molecule has 1 aromatic carbocycles. The van der Waals surface area contributed by atoms with Crippen LogP contribution >= 0.6 is 11.3 Å². The van der Waals surface area contributed by atoms with Gasteiger partial charge in [-0.2, -0.15) is 0 Å². The molecule has 1 aliphatic rings. The number of carbonyl (C=O) groups excluding carboxylic acids is 1. The minimum Gasteiger partial charge on any atom is -0.493 e. The van der Waals surface area contributed by atoms with E-state index in [0.717, 1.165) is 12.1 Å². The number of nitrogens with one attached hydrogen (secondary N) is 1. The Kier molecular flexibility index (Phi) is 7.09. The Labute approximate surface area is 164 Å². The van der Waals surface area contributed by atoms with Gasteiger partial charge < -0.3 is 24.4 Å². The minimum absolute atomic E-state index is 0.00334. The molecule has 1 unspecified atom stereocenters. The molecule has 1 aliphatic heterocycles. The summed E-state index contributed by atoms with van der Waals surface area (Å²) in [5, 5.41) is 5.59. The third kappa shape index (κ3) is 5.45. The molecule has 1 aromatic heterocycles. The number of thiophene rings is 1. The van der Waals surface area contributed by atoms with Crippen molar-refractivity contribution in [1.29, 1.82) is 0 Å². The number of amides is 1. The summed E-state index contributed by atoms with van der Waals surface area (Å²) in [6.07, 6.45) is 0. The highest BCUT2D eigenvalue weighted by molar-refractivity contribution is 7.10. The van der Waals surface area contributed by atoms with Gasteiger partial charge in [0.25, 0.3) is 5.91 Å². The van der Waals surface area contributed by atoms with Gasteiger partial charge in [-0.15, -0.1) is 11.3 Å². The van der Waals surface area contributed by atoms with E-state index in [9.17, 15) is 4.79 Å². The number of hydrogen-bond acceptors (Lipinski definition) is 6. The van der Waals surface area contributed by atoms with Crippen molar-refractivity contribution in [2.24, 2.45) is 0 Å². The van der Waals surface area contributed by atoms with Crippen molar-refractivity contribution in [1.82, 2.24) is 10.2 Å². The van der Waals surface area contributed by atoms with Gasteiger partial charge in [0.2, 0.25) is 0 Å². The van der Waals surface area contributed by atoms with E-state index in [-0.39, 0.29) is 18.6 Å². The molecule has 1 saturated heterocycles. The molecular weight excluding hydrogens is 364 g/mol. The summed E-state index contributed by atoms with van der Waals surface area (Å²) in [7, 11) is 1.61. The summed E-state index contributed by atoms with van der Waals surface area (Å²) in [6, 6.07) is 10.3. The maximum Gasteiger partial charge on any atom is 0.260 e. The minimum atomic E-state index is -0.0316. The van der Waals surface area contributed by atoms with Crippen LogP contribution in [0, 0.1) is 0 Å². The second kappa shape index (κ2) is 9.73. The number of carbonyl (C=O) groups is 1. The molecule has 6 nitrogen and oxygen atoms in total. The fraction of sp³-hybridized carbons (Fsp3) is 0.450. The van der Waals surface area contributed by atoms with E-state index in [1.54, 1.807) is 23.3 Å². The second-order valence-electron chi connectivity index (χ2n) is 6.39. The van der Waals surface area contributed by atoms with Crippen molar-refractivity contribution in [3.8, 4) is 11.5 Å². The number of morpholine rings is 1. The van der Waals surface area contributed by atoms with Crippen LogP contribution in [-0.2, 0) is 16.1 Å². The van der Waals surface area contributed by atoms with Crippen LogP contribution in [0.25, 0.3) is 0 Å². The zero-order valence-corrected chi connectivity index (χ0v) is 16.6. The molecule has 1 fully saturated rings. The Morgan fingerprint density at radius 3 is 2.81 bits per heavy atom. The maximum absolute atomic E-state index is 12.2. The number of benzene rings is 1. The molecule has 0 aliphatic carbocycles. The van der Waals surface area contributed by atoms with Gasteiger partial charge in [-0.05, 0) is 36.1 Å². The van der Waals surface area contributed by atoms with Crippen LogP contribution in [0.2, 0.25) is 0 Å². The Morgan fingerprint density at radius 1 is 1.30 bits per heavy atom. The first-order chi connectivity index (χ1) is 13.2. The highest BCUT2D eigenvalue weighted by Crippen LogP contribution is 2.28. The lowest BCUT2D eigenvalue weighted by Crippen LogP contribution is -2.43. The topological polar surface area (TPSA) is 60.0 Å². The number of rotatable bonds is 8. The van der Waals surface area contributed by atoms with E-state index in [1.165, 1.54) is 4.88 Å². The van der Waals surface area contributed by atoms with Gasteiger partial charge in [-0.25, -0.2) is 0 Å². The first kappa shape index (κ1) is 19.7. The molecule has 2 heterocycles. The highest BCUT2D eigenvalue weighted by atomic mass is 32.1. The average Bonchev–Trinajstić information content (AvgIpc) is 3.26. The molecule has 0 spiro atoms. The SMILES string of the molecule is COc1cc(CNC(C)c2cccs2)ccc1OCC(=O)N1CCOCC1. The first-order valence-electron chi connectivity index (χ1n) is 9.09. The monoisotopic (exact) mass is 390 g/mol. The highest BCUT2D eigenvalue weighted by Gasteiger charge is 2.18. The van der Waals surface area contributed by atoms with Crippen LogP contribution in [0.4, 0.5) is 0 Å². The van der Waals surface area contributed by atoms with Crippen molar-refractivity contribution < 1.29 is 19.0 Å². The quantitative estimate of drug-likeness (QED) is 0.751. The summed E-state index contributed by atoms with van der Waals surface area (Å²) >= 11 is 1.75. The molecule has 1 N–H and O–H groups in total. The van der Waals surface area contributed by atoms with E-state index in [0.29, 0.717) is 37.8 Å². The molecule has 27 heavy (non-hydrogen) atoms. The smallest absolute Gasteiger partial charge is 0.260 e. The van der Waals surface area contributed by atoms with Crippen LogP contribution in [0.1, 0.15) is 23.4 Å². The fourth-order valence-electron chi connectivity index (χ4n) is 2.89. The molecule has 0 radical (unpaired) electrons. The maximum atomic E-state index is 12.2.